The van der Waals surface area contributed by atoms with E-state index in [1.54, 1.807) is 25.2 Å². The van der Waals surface area contributed by atoms with Crippen LogP contribution in [0.2, 0.25) is 0 Å². The lowest BCUT2D eigenvalue weighted by atomic mass is 10.2. The SMILES string of the molecule is Cc1cc(C)nc(NS(=O)(=O)c2ccc(NC(=O)c3ccc(NC(=O)C(F)(F)F)cc3)cc2)n1. The number of amides is 2. The molecule has 3 rings (SSSR count). The molecule has 178 valence electrons. The molecule has 9 nitrogen and oxygen atoms in total. The van der Waals surface area contributed by atoms with Crippen LogP contribution in [0, 0.1) is 13.8 Å². The van der Waals surface area contributed by atoms with E-state index in [0.29, 0.717) is 11.4 Å². The summed E-state index contributed by atoms with van der Waals surface area (Å²) in [6.07, 6.45) is -5.03. The second-order valence-electron chi connectivity index (χ2n) is 7.09. The van der Waals surface area contributed by atoms with Crippen LogP contribution in [0.15, 0.2) is 59.5 Å². The third-order valence-corrected chi connectivity index (χ3v) is 5.64. The maximum Gasteiger partial charge on any atom is 0.471 e. The highest BCUT2D eigenvalue weighted by Crippen LogP contribution is 2.20. The van der Waals surface area contributed by atoms with Crippen molar-refractivity contribution in [3.63, 3.8) is 0 Å². The Bertz CT molecular complexity index is 1310. The van der Waals surface area contributed by atoms with Gasteiger partial charge in [-0.1, -0.05) is 0 Å². The summed E-state index contributed by atoms with van der Waals surface area (Å²) in [6.45, 7) is 3.41. The van der Waals surface area contributed by atoms with Crippen LogP contribution >= 0.6 is 0 Å². The molecule has 0 saturated carbocycles. The Kier molecular flexibility index (Phi) is 6.86. The quantitative estimate of drug-likeness (QED) is 0.481. The van der Waals surface area contributed by atoms with E-state index in [4.69, 9.17) is 0 Å². The number of alkyl halides is 3. The number of nitrogens with one attached hydrogen (secondary N) is 3. The highest BCUT2D eigenvalue weighted by atomic mass is 32.2. The van der Waals surface area contributed by atoms with Gasteiger partial charge in [-0.2, -0.15) is 13.2 Å². The number of rotatable bonds is 6. The van der Waals surface area contributed by atoms with E-state index in [1.165, 1.54) is 36.4 Å². The fourth-order valence-electron chi connectivity index (χ4n) is 2.78. The van der Waals surface area contributed by atoms with Crippen LogP contribution in [0.1, 0.15) is 21.7 Å². The average molecular weight is 493 g/mol. The van der Waals surface area contributed by atoms with Crippen LogP contribution in [-0.4, -0.2) is 36.4 Å². The Labute approximate surface area is 192 Å². The van der Waals surface area contributed by atoms with Gasteiger partial charge in [-0.15, -0.1) is 0 Å². The number of nitrogens with zero attached hydrogens (tertiary/aromatic N) is 2. The average Bonchev–Trinajstić information content (AvgIpc) is 2.73. The van der Waals surface area contributed by atoms with Gasteiger partial charge in [0.25, 0.3) is 15.9 Å². The predicted octanol–water partition coefficient (Wildman–Crippen LogP) is 3.65. The van der Waals surface area contributed by atoms with Crippen molar-refractivity contribution in [1.29, 1.82) is 0 Å². The monoisotopic (exact) mass is 493 g/mol. The molecule has 2 amide bonds. The number of aryl methyl sites for hydroxylation is 2. The molecule has 13 heteroatoms. The van der Waals surface area contributed by atoms with Gasteiger partial charge < -0.3 is 10.6 Å². The molecule has 3 N–H and O–H groups in total. The molecule has 0 aliphatic heterocycles. The van der Waals surface area contributed by atoms with E-state index >= 15 is 0 Å². The number of benzene rings is 2. The van der Waals surface area contributed by atoms with Crippen molar-refractivity contribution in [2.45, 2.75) is 24.9 Å². The smallest absolute Gasteiger partial charge is 0.322 e. The Morgan fingerprint density at radius 2 is 1.32 bits per heavy atom. The van der Waals surface area contributed by atoms with Crippen molar-refractivity contribution < 1.29 is 31.2 Å². The van der Waals surface area contributed by atoms with Gasteiger partial charge in [0.15, 0.2) is 0 Å². The van der Waals surface area contributed by atoms with Crippen molar-refractivity contribution in [3.05, 3.63) is 71.5 Å². The Hall–Kier alpha value is -4.00. The minimum absolute atomic E-state index is 0.0650. The Balaban J connectivity index is 1.66. The molecular weight excluding hydrogens is 475 g/mol. The number of aromatic nitrogens is 2. The first kappa shape index (κ1) is 24.6. The lowest BCUT2D eigenvalue weighted by molar-refractivity contribution is -0.167. The molecule has 0 saturated heterocycles. The standard InChI is InChI=1S/C21H18F3N5O4S/c1-12-11-13(2)26-20(25-12)29-34(32,33)17-9-7-15(8-10-17)27-18(30)14-3-5-16(6-4-14)28-19(31)21(22,23)24/h3-11H,1-2H3,(H,27,30)(H,28,31)(H,25,26,29). The lowest BCUT2D eigenvalue weighted by Gasteiger charge is -2.10. The molecular formula is C21H18F3N5O4S. The van der Waals surface area contributed by atoms with Gasteiger partial charge in [0.1, 0.15) is 0 Å². The van der Waals surface area contributed by atoms with Crippen LogP contribution in [0.4, 0.5) is 30.5 Å². The summed E-state index contributed by atoms with van der Waals surface area (Å²) in [5.41, 5.74) is 1.45. The molecule has 1 aromatic heterocycles. The molecule has 0 radical (unpaired) electrons. The van der Waals surface area contributed by atoms with Crippen LogP contribution < -0.4 is 15.4 Å². The zero-order chi connectivity index (χ0) is 25.1. The van der Waals surface area contributed by atoms with Gasteiger partial charge >= 0.3 is 12.1 Å². The third-order valence-electron chi connectivity index (χ3n) is 4.29. The van der Waals surface area contributed by atoms with Gasteiger partial charge in [-0.25, -0.2) is 23.1 Å². The van der Waals surface area contributed by atoms with Gasteiger partial charge in [-0.3, -0.25) is 9.59 Å². The minimum atomic E-state index is -5.03. The summed E-state index contributed by atoms with van der Waals surface area (Å²) in [5.74, 6) is -2.78. The molecule has 34 heavy (non-hydrogen) atoms. The van der Waals surface area contributed by atoms with Gasteiger partial charge in [0.05, 0.1) is 4.90 Å². The molecule has 0 spiro atoms. The number of hydrogen-bond acceptors (Lipinski definition) is 6. The Morgan fingerprint density at radius 3 is 1.85 bits per heavy atom. The number of anilines is 3. The lowest BCUT2D eigenvalue weighted by Crippen LogP contribution is -2.29. The maximum atomic E-state index is 12.6. The Morgan fingerprint density at radius 1 is 0.824 bits per heavy atom. The van der Waals surface area contributed by atoms with Gasteiger partial charge in [0, 0.05) is 28.3 Å². The number of halogens is 3. The molecule has 2 aromatic carbocycles. The van der Waals surface area contributed by atoms with E-state index < -0.39 is 28.0 Å². The molecule has 0 fully saturated rings. The molecule has 1 heterocycles. The van der Waals surface area contributed by atoms with Crippen molar-refractivity contribution in [1.82, 2.24) is 9.97 Å². The van der Waals surface area contributed by atoms with E-state index in [-0.39, 0.29) is 27.8 Å². The molecule has 3 aromatic rings. The molecule has 0 unspecified atom stereocenters. The van der Waals surface area contributed by atoms with Crippen LogP contribution in [0.3, 0.4) is 0 Å². The minimum Gasteiger partial charge on any atom is -0.322 e. The molecule has 0 aliphatic carbocycles. The highest BCUT2D eigenvalue weighted by Gasteiger charge is 2.38. The summed E-state index contributed by atoms with van der Waals surface area (Å²) in [4.78, 5) is 31.3. The summed E-state index contributed by atoms with van der Waals surface area (Å²) >= 11 is 0. The summed E-state index contributed by atoms with van der Waals surface area (Å²) in [7, 11) is -3.97. The molecule has 0 atom stereocenters. The number of carbonyl (C=O) groups is 2. The normalized spacial score (nSPS) is 11.6. The first-order valence-electron chi connectivity index (χ1n) is 9.58. The van der Waals surface area contributed by atoms with Crippen molar-refractivity contribution in [3.8, 4) is 0 Å². The highest BCUT2D eigenvalue weighted by molar-refractivity contribution is 7.92. The molecule has 0 bridgehead atoms. The van der Waals surface area contributed by atoms with Crippen LogP contribution in [0.5, 0.6) is 0 Å². The zero-order valence-corrected chi connectivity index (χ0v) is 18.6. The maximum absolute atomic E-state index is 12.6. The van der Waals surface area contributed by atoms with Crippen LogP contribution in [0.25, 0.3) is 0 Å². The van der Waals surface area contributed by atoms with E-state index in [0.717, 1.165) is 12.1 Å². The van der Waals surface area contributed by atoms with E-state index in [9.17, 15) is 31.2 Å². The van der Waals surface area contributed by atoms with Crippen LogP contribution in [-0.2, 0) is 14.8 Å². The fraction of sp³-hybridized carbons (Fsp3) is 0.143. The van der Waals surface area contributed by atoms with Crippen molar-refractivity contribution in [2.24, 2.45) is 0 Å². The zero-order valence-electron chi connectivity index (χ0n) is 17.8. The summed E-state index contributed by atoms with van der Waals surface area (Å²) < 4.78 is 64.3. The third kappa shape index (κ3) is 6.28. The van der Waals surface area contributed by atoms with Gasteiger partial charge in [-0.05, 0) is 68.4 Å². The molecule has 0 aliphatic rings. The van der Waals surface area contributed by atoms with Crippen molar-refractivity contribution in [2.75, 3.05) is 15.4 Å². The summed E-state index contributed by atoms with van der Waals surface area (Å²) in [6, 6.07) is 11.7. The largest absolute Gasteiger partial charge is 0.471 e. The topological polar surface area (TPSA) is 130 Å². The number of hydrogen-bond donors (Lipinski definition) is 3. The van der Waals surface area contributed by atoms with E-state index in [2.05, 4.69) is 20.0 Å². The van der Waals surface area contributed by atoms with E-state index in [1.807, 2.05) is 0 Å². The summed E-state index contributed by atoms with van der Waals surface area (Å²) in [5, 5.41) is 4.21. The second kappa shape index (κ2) is 9.47. The first-order chi connectivity index (χ1) is 15.8. The van der Waals surface area contributed by atoms with Gasteiger partial charge in [0.2, 0.25) is 5.95 Å². The number of carbonyl (C=O) groups excluding carboxylic acids is 2. The first-order valence-corrected chi connectivity index (χ1v) is 11.1. The van der Waals surface area contributed by atoms with Crippen molar-refractivity contribution >= 4 is 39.2 Å². The predicted molar refractivity (Wildman–Crippen MR) is 118 cm³/mol. The second-order valence-corrected chi connectivity index (χ2v) is 8.77. The number of sulfonamides is 1. The fourth-order valence-corrected chi connectivity index (χ4v) is 3.72.